The van der Waals surface area contributed by atoms with Gasteiger partial charge in [0.25, 0.3) is 0 Å². The van der Waals surface area contributed by atoms with Gasteiger partial charge in [0.15, 0.2) is 0 Å². The maximum atomic E-state index is 6.75. The lowest BCUT2D eigenvalue weighted by Gasteiger charge is -2.13. The molecule has 1 fully saturated rings. The second-order valence-corrected chi connectivity index (χ2v) is 6.77. The van der Waals surface area contributed by atoms with E-state index in [9.17, 15) is 0 Å². The van der Waals surface area contributed by atoms with Crippen LogP contribution in [0.5, 0.6) is 0 Å². The van der Waals surface area contributed by atoms with E-state index in [1.54, 1.807) is 11.1 Å². The van der Waals surface area contributed by atoms with Gasteiger partial charge in [-0.2, -0.15) is 0 Å². The average Bonchev–Trinajstić information content (AvgIpc) is 3.23. The number of hydrogen-bond acceptors (Lipinski definition) is 0. The molecule has 102 valence electrons. The summed E-state index contributed by atoms with van der Waals surface area (Å²) < 4.78 is 0. The number of halogens is 1. The van der Waals surface area contributed by atoms with Gasteiger partial charge in [0.2, 0.25) is 0 Å². The zero-order valence-corrected chi connectivity index (χ0v) is 12.3. The number of benzene rings is 2. The second-order valence-electron chi connectivity index (χ2n) is 6.21. The van der Waals surface area contributed by atoms with Crippen LogP contribution < -0.4 is 0 Å². The fraction of sp³-hybridized carbons (Fsp3) is 0.368. The first-order valence-corrected chi connectivity index (χ1v) is 8.04. The third kappa shape index (κ3) is 2.07. The van der Waals surface area contributed by atoms with Crippen LogP contribution in [-0.2, 0) is 12.8 Å². The van der Waals surface area contributed by atoms with Gasteiger partial charge >= 0.3 is 0 Å². The van der Waals surface area contributed by atoms with Gasteiger partial charge in [0, 0.05) is 5.38 Å². The molecule has 0 saturated heterocycles. The van der Waals surface area contributed by atoms with Crippen molar-refractivity contribution in [3.8, 4) is 0 Å². The molecule has 0 aliphatic heterocycles. The Kier molecular flexibility index (Phi) is 3.07. The molecule has 2 aliphatic rings. The van der Waals surface area contributed by atoms with E-state index in [2.05, 4.69) is 54.6 Å². The standard InChI is InChI=1S/C19H19Cl/c20-17(12-13-6-2-1-3-7-13)19-16-11-10-14-8-4-5-9-15(14)18(16)19/h1-9,16-19H,10-12H2. The third-order valence-electron chi connectivity index (χ3n) is 5.08. The molecule has 2 aromatic carbocycles. The van der Waals surface area contributed by atoms with Crippen molar-refractivity contribution in [2.75, 3.05) is 0 Å². The van der Waals surface area contributed by atoms with E-state index in [1.165, 1.54) is 18.4 Å². The third-order valence-corrected chi connectivity index (χ3v) is 5.53. The molecule has 0 N–H and O–H groups in total. The molecule has 4 atom stereocenters. The predicted octanol–water partition coefficient (Wildman–Crippen LogP) is 4.81. The van der Waals surface area contributed by atoms with Crippen LogP contribution in [0.15, 0.2) is 54.6 Å². The largest absolute Gasteiger partial charge is 0.122 e. The zero-order chi connectivity index (χ0) is 13.5. The van der Waals surface area contributed by atoms with Crippen molar-refractivity contribution in [2.24, 2.45) is 11.8 Å². The van der Waals surface area contributed by atoms with Crippen LogP contribution in [-0.4, -0.2) is 5.38 Å². The van der Waals surface area contributed by atoms with Crippen molar-refractivity contribution < 1.29 is 0 Å². The molecular weight excluding hydrogens is 264 g/mol. The van der Waals surface area contributed by atoms with Gasteiger partial charge in [-0.1, -0.05) is 54.6 Å². The van der Waals surface area contributed by atoms with Crippen LogP contribution in [0.2, 0.25) is 0 Å². The van der Waals surface area contributed by atoms with E-state index < -0.39 is 0 Å². The summed E-state index contributed by atoms with van der Waals surface area (Å²) in [4.78, 5) is 0. The Morgan fingerprint density at radius 1 is 1.00 bits per heavy atom. The average molecular weight is 283 g/mol. The van der Waals surface area contributed by atoms with E-state index in [-0.39, 0.29) is 5.38 Å². The van der Waals surface area contributed by atoms with E-state index in [0.717, 1.165) is 18.3 Å². The summed E-state index contributed by atoms with van der Waals surface area (Å²) in [5, 5.41) is 0.276. The lowest BCUT2D eigenvalue weighted by atomic mass is 9.92. The van der Waals surface area contributed by atoms with E-state index in [0.29, 0.717) is 5.92 Å². The summed E-state index contributed by atoms with van der Waals surface area (Å²) in [6, 6.07) is 19.6. The molecule has 0 amide bonds. The number of alkyl halides is 1. The van der Waals surface area contributed by atoms with Crippen LogP contribution in [0.25, 0.3) is 0 Å². The van der Waals surface area contributed by atoms with Crippen LogP contribution in [0.4, 0.5) is 0 Å². The summed E-state index contributed by atoms with van der Waals surface area (Å²) >= 11 is 6.75. The normalized spacial score (nSPS) is 28.4. The van der Waals surface area contributed by atoms with Crippen LogP contribution in [0, 0.1) is 11.8 Å². The van der Waals surface area contributed by atoms with Crippen molar-refractivity contribution in [3.63, 3.8) is 0 Å². The highest BCUT2D eigenvalue weighted by Crippen LogP contribution is 2.62. The van der Waals surface area contributed by atoms with E-state index in [4.69, 9.17) is 11.6 Å². The minimum absolute atomic E-state index is 0.276. The van der Waals surface area contributed by atoms with E-state index in [1.807, 2.05) is 0 Å². The van der Waals surface area contributed by atoms with Gasteiger partial charge in [-0.3, -0.25) is 0 Å². The quantitative estimate of drug-likeness (QED) is 0.709. The van der Waals surface area contributed by atoms with E-state index >= 15 is 0 Å². The van der Waals surface area contributed by atoms with Gasteiger partial charge in [-0.05, 0) is 53.7 Å². The predicted molar refractivity (Wildman–Crippen MR) is 84.3 cm³/mol. The SMILES string of the molecule is ClC(Cc1ccccc1)C1C2CCc3ccccc3C21. The molecule has 0 aromatic heterocycles. The molecule has 0 radical (unpaired) electrons. The molecule has 2 aliphatic carbocycles. The maximum absolute atomic E-state index is 6.75. The van der Waals surface area contributed by atoms with Crippen molar-refractivity contribution >= 4 is 11.6 Å². The number of fused-ring (bicyclic) bond motifs is 3. The molecule has 4 rings (SSSR count). The lowest BCUT2D eigenvalue weighted by Crippen LogP contribution is -2.08. The van der Waals surface area contributed by atoms with Gasteiger partial charge in [-0.25, -0.2) is 0 Å². The number of rotatable bonds is 3. The van der Waals surface area contributed by atoms with Gasteiger partial charge in [0.05, 0.1) is 0 Å². The summed E-state index contributed by atoms with van der Waals surface area (Å²) in [6.07, 6.45) is 3.56. The Balaban J connectivity index is 1.52. The summed E-state index contributed by atoms with van der Waals surface area (Å²) in [5.41, 5.74) is 4.50. The van der Waals surface area contributed by atoms with Crippen LogP contribution >= 0.6 is 11.6 Å². The summed E-state index contributed by atoms with van der Waals surface area (Å²) in [6.45, 7) is 0. The molecule has 1 saturated carbocycles. The van der Waals surface area contributed by atoms with Crippen molar-refractivity contribution in [1.29, 1.82) is 0 Å². The first kappa shape index (κ1) is 12.5. The molecule has 1 heteroatoms. The highest BCUT2D eigenvalue weighted by molar-refractivity contribution is 6.21. The molecule has 4 unspecified atom stereocenters. The molecule has 0 heterocycles. The molecular formula is C19H19Cl. The molecule has 20 heavy (non-hydrogen) atoms. The zero-order valence-electron chi connectivity index (χ0n) is 11.5. The van der Waals surface area contributed by atoms with Gasteiger partial charge in [0.1, 0.15) is 0 Å². The Morgan fingerprint density at radius 3 is 2.60 bits per heavy atom. The van der Waals surface area contributed by atoms with Crippen molar-refractivity contribution in [1.82, 2.24) is 0 Å². The van der Waals surface area contributed by atoms with Gasteiger partial charge < -0.3 is 0 Å². The second kappa shape index (κ2) is 4.93. The minimum atomic E-state index is 0.276. The summed E-state index contributed by atoms with van der Waals surface area (Å²) in [7, 11) is 0. The Hall–Kier alpha value is -1.27. The maximum Gasteiger partial charge on any atom is 0.0413 e. The fourth-order valence-electron chi connectivity index (χ4n) is 4.09. The molecule has 0 spiro atoms. The number of aryl methyl sites for hydroxylation is 1. The Labute approximate surface area is 125 Å². The monoisotopic (exact) mass is 282 g/mol. The summed E-state index contributed by atoms with van der Waals surface area (Å²) in [5.74, 6) is 2.24. The van der Waals surface area contributed by atoms with Crippen molar-refractivity contribution in [2.45, 2.75) is 30.6 Å². The van der Waals surface area contributed by atoms with Crippen molar-refractivity contribution in [3.05, 3.63) is 71.3 Å². The Bertz CT molecular complexity index is 604. The lowest BCUT2D eigenvalue weighted by molar-refractivity contribution is 0.610. The first-order chi connectivity index (χ1) is 9.84. The topological polar surface area (TPSA) is 0 Å². The molecule has 0 bridgehead atoms. The highest BCUT2D eigenvalue weighted by atomic mass is 35.5. The fourth-order valence-corrected chi connectivity index (χ4v) is 4.61. The molecule has 0 nitrogen and oxygen atoms in total. The van der Waals surface area contributed by atoms with Gasteiger partial charge in [-0.15, -0.1) is 11.6 Å². The van der Waals surface area contributed by atoms with Crippen LogP contribution in [0.3, 0.4) is 0 Å². The van der Waals surface area contributed by atoms with Crippen LogP contribution in [0.1, 0.15) is 29.0 Å². The molecule has 2 aromatic rings. The first-order valence-electron chi connectivity index (χ1n) is 7.60. The highest BCUT2D eigenvalue weighted by Gasteiger charge is 2.55. The number of hydrogen-bond donors (Lipinski definition) is 0. The Morgan fingerprint density at radius 2 is 1.75 bits per heavy atom. The minimum Gasteiger partial charge on any atom is -0.122 e. The smallest absolute Gasteiger partial charge is 0.0413 e.